The second kappa shape index (κ2) is 6.78. The zero-order valence-electron chi connectivity index (χ0n) is 12.6. The lowest BCUT2D eigenvalue weighted by Gasteiger charge is -2.30. The molecule has 1 aliphatic rings. The molecular weight excluding hydrogens is 250 g/mol. The largest absolute Gasteiger partial charge is 0.497 e. The van der Waals surface area contributed by atoms with Crippen molar-refractivity contribution in [3.63, 3.8) is 0 Å². The molecule has 0 bridgehead atoms. The predicted octanol–water partition coefficient (Wildman–Crippen LogP) is 3.42. The number of hydrogen-bond acceptors (Lipinski definition) is 2. The van der Waals surface area contributed by atoms with Crippen LogP contribution in [-0.4, -0.2) is 19.6 Å². The molecule has 1 N–H and O–H groups in total. The second-order valence-corrected chi connectivity index (χ2v) is 5.74. The first-order chi connectivity index (χ1) is 9.70. The highest BCUT2D eigenvalue weighted by Gasteiger charge is 2.35. The van der Waals surface area contributed by atoms with Gasteiger partial charge in [-0.2, -0.15) is 0 Å². The number of methoxy groups -OCH3 is 1. The van der Waals surface area contributed by atoms with Crippen LogP contribution in [0.25, 0.3) is 0 Å². The number of hydrogen-bond donors (Lipinski definition) is 1. The smallest absolute Gasteiger partial charge is 0.220 e. The van der Waals surface area contributed by atoms with Crippen molar-refractivity contribution in [2.45, 2.75) is 50.9 Å². The first-order valence-corrected chi connectivity index (χ1v) is 7.61. The van der Waals surface area contributed by atoms with E-state index < -0.39 is 0 Å². The first-order valence-electron chi connectivity index (χ1n) is 7.61. The summed E-state index contributed by atoms with van der Waals surface area (Å²) in [5, 5.41) is 3.12. The first kappa shape index (κ1) is 14.9. The average Bonchev–Trinajstić information content (AvgIpc) is 2.96. The standard InChI is InChI=1S/C17H25NO2/c1-3-6-16(19)18-13-17(11-4-5-12-17)14-7-9-15(20-2)10-8-14/h7-10H,3-6,11-13H2,1-2H3,(H,18,19). The SMILES string of the molecule is CCCC(=O)NCC1(c2ccc(OC)cc2)CCCC1. The molecule has 0 aromatic heterocycles. The van der Waals surface area contributed by atoms with Gasteiger partial charge in [0.1, 0.15) is 5.75 Å². The Labute approximate surface area is 121 Å². The van der Waals surface area contributed by atoms with Crippen LogP contribution in [0.4, 0.5) is 0 Å². The molecule has 1 saturated carbocycles. The van der Waals surface area contributed by atoms with E-state index in [1.807, 2.05) is 19.1 Å². The molecule has 1 aliphatic carbocycles. The van der Waals surface area contributed by atoms with Gasteiger partial charge in [-0.3, -0.25) is 4.79 Å². The summed E-state index contributed by atoms with van der Waals surface area (Å²) in [6, 6.07) is 8.33. The van der Waals surface area contributed by atoms with E-state index in [0.29, 0.717) is 6.42 Å². The molecule has 110 valence electrons. The molecule has 1 fully saturated rings. The Bertz CT molecular complexity index is 433. The summed E-state index contributed by atoms with van der Waals surface area (Å²) in [5.41, 5.74) is 1.45. The Hall–Kier alpha value is -1.51. The molecule has 0 radical (unpaired) electrons. The fourth-order valence-electron chi connectivity index (χ4n) is 3.15. The number of nitrogens with one attached hydrogen (secondary N) is 1. The van der Waals surface area contributed by atoms with E-state index in [-0.39, 0.29) is 11.3 Å². The van der Waals surface area contributed by atoms with Crippen LogP contribution in [0.1, 0.15) is 51.0 Å². The number of amides is 1. The summed E-state index contributed by atoms with van der Waals surface area (Å²) in [6.07, 6.45) is 6.34. The van der Waals surface area contributed by atoms with Gasteiger partial charge in [-0.1, -0.05) is 31.9 Å². The summed E-state index contributed by atoms with van der Waals surface area (Å²) >= 11 is 0. The van der Waals surface area contributed by atoms with Gasteiger partial charge in [0.2, 0.25) is 5.91 Å². The fraction of sp³-hybridized carbons (Fsp3) is 0.588. The van der Waals surface area contributed by atoms with E-state index in [9.17, 15) is 4.79 Å². The number of rotatable bonds is 6. The molecule has 3 nitrogen and oxygen atoms in total. The van der Waals surface area contributed by atoms with E-state index in [4.69, 9.17) is 4.74 Å². The maximum Gasteiger partial charge on any atom is 0.220 e. The molecule has 0 heterocycles. The van der Waals surface area contributed by atoms with Gasteiger partial charge >= 0.3 is 0 Å². The van der Waals surface area contributed by atoms with Gasteiger partial charge < -0.3 is 10.1 Å². The van der Waals surface area contributed by atoms with Crippen molar-refractivity contribution < 1.29 is 9.53 Å². The predicted molar refractivity (Wildman–Crippen MR) is 81.1 cm³/mol. The Morgan fingerprint density at radius 1 is 1.25 bits per heavy atom. The number of carbonyl (C=O) groups is 1. The normalized spacial score (nSPS) is 16.9. The zero-order valence-corrected chi connectivity index (χ0v) is 12.6. The molecule has 0 spiro atoms. The van der Waals surface area contributed by atoms with Crippen molar-refractivity contribution in [1.29, 1.82) is 0 Å². The Morgan fingerprint density at radius 2 is 1.90 bits per heavy atom. The Balaban J connectivity index is 2.10. The van der Waals surface area contributed by atoms with Crippen LogP contribution in [0.5, 0.6) is 5.75 Å². The van der Waals surface area contributed by atoms with E-state index in [0.717, 1.165) is 31.6 Å². The third-order valence-corrected chi connectivity index (χ3v) is 4.36. The lowest BCUT2D eigenvalue weighted by atomic mass is 9.78. The quantitative estimate of drug-likeness (QED) is 0.864. The monoisotopic (exact) mass is 275 g/mol. The second-order valence-electron chi connectivity index (χ2n) is 5.74. The molecule has 0 unspecified atom stereocenters. The third-order valence-electron chi connectivity index (χ3n) is 4.36. The van der Waals surface area contributed by atoms with Crippen LogP contribution < -0.4 is 10.1 Å². The van der Waals surface area contributed by atoms with Crippen molar-refractivity contribution >= 4 is 5.91 Å². The van der Waals surface area contributed by atoms with Crippen LogP contribution >= 0.6 is 0 Å². The van der Waals surface area contributed by atoms with Gasteiger partial charge in [0, 0.05) is 18.4 Å². The van der Waals surface area contributed by atoms with E-state index in [2.05, 4.69) is 17.4 Å². The van der Waals surface area contributed by atoms with Crippen molar-refractivity contribution in [3.05, 3.63) is 29.8 Å². The topological polar surface area (TPSA) is 38.3 Å². The summed E-state index contributed by atoms with van der Waals surface area (Å²) in [5.74, 6) is 1.06. The maximum atomic E-state index is 11.7. The van der Waals surface area contributed by atoms with Gasteiger partial charge in [0.15, 0.2) is 0 Å². The highest BCUT2D eigenvalue weighted by Crippen LogP contribution is 2.41. The highest BCUT2D eigenvalue weighted by atomic mass is 16.5. The molecule has 1 amide bonds. The molecule has 0 atom stereocenters. The summed E-state index contributed by atoms with van der Waals surface area (Å²) in [4.78, 5) is 11.7. The molecule has 1 aromatic rings. The van der Waals surface area contributed by atoms with Gasteiger partial charge in [0.05, 0.1) is 7.11 Å². The number of carbonyl (C=O) groups excluding carboxylic acids is 1. The van der Waals surface area contributed by atoms with Crippen LogP contribution in [0.15, 0.2) is 24.3 Å². The van der Waals surface area contributed by atoms with Crippen molar-refractivity contribution in [2.24, 2.45) is 0 Å². The molecule has 3 heteroatoms. The number of benzene rings is 1. The van der Waals surface area contributed by atoms with E-state index in [1.54, 1.807) is 7.11 Å². The van der Waals surface area contributed by atoms with Crippen molar-refractivity contribution in [1.82, 2.24) is 5.32 Å². The summed E-state index contributed by atoms with van der Waals surface area (Å²) in [7, 11) is 1.69. The number of ether oxygens (including phenoxy) is 1. The highest BCUT2D eigenvalue weighted by molar-refractivity contribution is 5.75. The van der Waals surface area contributed by atoms with Gasteiger partial charge in [0.25, 0.3) is 0 Å². The molecule has 0 saturated heterocycles. The molecule has 2 rings (SSSR count). The molecule has 1 aromatic carbocycles. The van der Waals surface area contributed by atoms with Crippen LogP contribution in [0, 0.1) is 0 Å². The minimum Gasteiger partial charge on any atom is -0.497 e. The van der Waals surface area contributed by atoms with Crippen LogP contribution in [-0.2, 0) is 10.2 Å². The van der Waals surface area contributed by atoms with Crippen molar-refractivity contribution in [3.8, 4) is 5.75 Å². The lowest BCUT2D eigenvalue weighted by molar-refractivity contribution is -0.121. The van der Waals surface area contributed by atoms with E-state index >= 15 is 0 Å². The minimum atomic E-state index is 0.121. The van der Waals surface area contributed by atoms with Crippen molar-refractivity contribution in [2.75, 3.05) is 13.7 Å². The molecule has 0 aliphatic heterocycles. The van der Waals surface area contributed by atoms with Gasteiger partial charge in [-0.15, -0.1) is 0 Å². The van der Waals surface area contributed by atoms with Crippen LogP contribution in [0.2, 0.25) is 0 Å². The Morgan fingerprint density at radius 3 is 2.45 bits per heavy atom. The van der Waals surface area contributed by atoms with E-state index in [1.165, 1.54) is 18.4 Å². The lowest BCUT2D eigenvalue weighted by Crippen LogP contribution is -2.38. The minimum absolute atomic E-state index is 0.121. The summed E-state index contributed by atoms with van der Waals surface area (Å²) < 4.78 is 5.23. The van der Waals surface area contributed by atoms with Gasteiger partial charge in [-0.25, -0.2) is 0 Å². The average molecular weight is 275 g/mol. The molecular formula is C17H25NO2. The third kappa shape index (κ3) is 3.33. The maximum absolute atomic E-state index is 11.7. The zero-order chi connectivity index (χ0) is 14.4. The van der Waals surface area contributed by atoms with Gasteiger partial charge in [-0.05, 0) is 37.0 Å². The fourth-order valence-corrected chi connectivity index (χ4v) is 3.15. The van der Waals surface area contributed by atoms with Crippen LogP contribution in [0.3, 0.4) is 0 Å². The molecule has 20 heavy (non-hydrogen) atoms. The Kier molecular flexibility index (Phi) is 5.05. The summed E-state index contributed by atoms with van der Waals surface area (Å²) in [6.45, 7) is 2.80.